The molecule has 32 heavy (non-hydrogen) atoms. The third-order valence-corrected chi connectivity index (χ3v) is 4.18. The lowest BCUT2D eigenvalue weighted by atomic mass is 10.1. The Kier molecular flexibility index (Phi) is 8.91. The molecule has 0 atom stereocenters. The van der Waals surface area contributed by atoms with Gasteiger partial charge in [-0.25, -0.2) is 4.79 Å². The molecule has 8 nitrogen and oxygen atoms in total. The van der Waals surface area contributed by atoms with Gasteiger partial charge in [0.2, 0.25) is 0 Å². The molecule has 8 heteroatoms. The lowest BCUT2D eigenvalue weighted by Gasteiger charge is -2.20. The van der Waals surface area contributed by atoms with Crippen molar-refractivity contribution >= 4 is 29.8 Å². The number of nitrogens with two attached hydrogens (primary N) is 1. The molecule has 0 aliphatic rings. The molecule has 0 aliphatic heterocycles. The van der Waals surface area contributed by atoms with E-state index in [4.69, 9.17) is 20.6 Å². The van der Waals surface area contributed by atoms with Crippen LogP contribution in [0.25, 0.3) is 6.08 Å². The Balaban J connectivity index is 2.04. The first-order valence-corrected chi connectivity index (χ1v) is 9.84. The summed E-state index contributed by atoms with van der Waals surface area (Å²) in [6.45, 7) is 5.51. The zero-order chi connectivity index (χ0) is 23.5. The molecule has 166 valence electrons. The molecule has 2 rings (SSSR count). The third-order valence-electron chi connectivity index (χ3n) is 4.18. The first kappa shape index (κ1) is 24.1. The SMILES string of the molecule is C=CCN(CC(=O)OCC)C(=O)c1ccc(C(=O)Oc2ccc(/C=C/C(=N)N)cc2)cc1. The molecule has 0 aliphatic carbocycles. The fourth-order valence-corrected chi connectivity index (χ4v) is 2.67. The van der Waals surface area contributed by atoms with E-state index >= 15 is 0 Å². The summed E-state index contributed by atoms with van der Waals surface area (Å²) in [7, 11) is 0. The molecule has 0 aromatic heterocycles. The summed E-state index contributed by atoms with van der Waals surface area (Å²) < 4.78 is 10.2. The van der Waals surface area contributed by atoms with E-state index in [1.807, 2.05) is 0 Å². The molecule has 0 radical (unpaired) electrons. The summed E-state index contributed by atoms with van der Waals surface area (Å²) >= 11 is 0. The van der Waals surface area contributed by atoms with Gasteiger partial charge in [-0.3, -0.25) is 15.0 Å². The van der Waals surface area contributed by atoms with Gasteiger partial charge in [-0.2, -0.15) is 0 Å². The number of nitrogens with zero attached hydrogens (tertiary/aromatic N) is 1. The number of hydrogen-bond acceptors (Lipinski definition) is 6. The van der Waals surface area contributed by atoms with Gasteiger partial charge in [0.1, 0.15) is 18.1 Å². The fraction of sp³-hybridized carbons (Fsp3) is 0.167. The Bertz CT molecular complexity index is 1010. The largest absolute Gasteiger partial charge is 0.465 e. The molecule has 0 saturated carbocycles. The first-order valence-electron chi connectivity index (χ1n) is 9.84. The molecule has 1 amide bonds. The van der Waals surface area contributed by atoms with Crippen LogP contribution in [0.3, 0.4) is 0 Å². The summed E-state index contributed by atoms with van der Waals surface area (Å²) in [6.07, 6.45) is 4.64. The average Bonchev–Trinajstić information content (AvgIpc) is 2.78. The van der Waals surface area contributed by atoms with Crippen molar-refractivity contribution in [2.75, 3.05) is 19.7 Å². The highest BCUT2D eigenvalue weighted by atomic mass is 16.5. The van der Waals surface area contributed by atoms with Crippen molar-refractivity contribution < 1.29 is 23.9 Å². The smallest absolute Gasteiger partial charge is 0.343 e. The van der Waals surface area contributed by atoms with Gasteiger partial charge in [0, 0.05) is 12.1 Å². The number of carbonyl (C=O) groups is 3. The number of amides is 1. The Morgan fingerprint density at radius 1 is 1.06 bits per heavy atom. The van der Waals surface area contributed by atoms with Crippen LogP contribution < -0.4 is 10.5 Å². The van der Waals surface area contributed by atoms with Crippen molar-refractivity contribution in [3.8, 4) is 5.75 Å². The van der Waals surface area contributed by atoms with Gasteiger partial charge in [0.25, 0.3) is 5.91 Å². The quantitative estimate of drug-likeness (QED) is 0.194. The normalized spacial score (nSPS) is 10.4. The Morgan fingerprint density at radius 2 is 1.69 bits per heavy atom. The van der Waals surface area contributed by atoms with E-state index in [0.29, 0.717) is 11.3 Å². The molecule has 0 spiro atoms. The number of amidine groups is 1. The van der Waals surface area contributed by atoms with E-state index in [0.717, 1.165) is 5.56 Å². The molecule has 2 aromatic rings. The molecule has 0 heterocycles. The van der Waals surface area contributed by atoms with E-state index in [9.17, 15) is 14.4 Å². The number of rotatable bonds is 10. The summed E-state index contributed by atoms with van der Waals surface area (Å²) in [5.74, 6) is -1.18. The zero-order valence-electron chi connectivity index (χ0n) is 17.7. The monoisotopic (exact) mass is 435 g/mol. The van der Waals surface area contributed by atoms with Crippen molar-refractivity contribution in [3.05, 3.63) is 84.0 Å². The van der Waals surface area contributed by atoms with Gasteiger partial charge in [0.05, 0.1) is 12.2 Å². The minimum atomic E-state index is -0.578. The Morgan fingerprint density at radius 3 is 2.25 bits per heavy atom. The van der Waals surface area contributed by atoms with Crippen molar-refractivity contribution in [1.82, 2.24) is 4.90 Å². The number of esters is 2. The van der Waals surface area contributed by atoms with Crippen molar-refractivity contribution in [2.45, 2.75) is 6.92 Å². The summed E-state index contributed by atoms with van der Waals surface area (Å²) in [4.78, 5) is 38.1. The van der Waals surface area contributed by atoms with Gasteiger partial charge < -0.3 is 20.1 Å². The number of hydrogen-bond donors (Lipinski definition) is 2. The molecular formula is C24H25N3O5. The van der Waals surface area contributed by atoms with Crippen LogP contribution in [0.1, 0.15) is 33.2 Å². The minimum Gasteiger partial charge on any atom is -0.465 e. The second-order valence-corrected chi connectivity index (χ2v) is 6.60. The molecule has 3 N–H and O–H groups in total. The fourth-order valence-electron chi connectivity index (χ4n) is 2.67. The number of ether oxygens (including phenoxy) is 2. The van der Waals surface area contributed by atoms with Gasteiger partial charge in [-0.1, -0.05) is 24.3 Å². The maximum absolute atomic E-state index is 12.7. The van der Waals surface area contributed by atoms with Gasteiger partial charge >= 0.3 is 11.9 Å². The van der Waals surface area contributed by atoms with E-state index in [1.165, 1.54) is 41.3 Å². The second kappa shape index (κ2) is 11.8. The van der Waals surface area contributed by atoms with E-state index in [2.05, 4.69) is 6.58 Å². The molecular weight excluding hydrogens is 410 g/mol. The lowest BCUT2D eigenvalue weighted by molar-refractivity contribution is -0.143. The van der Waals surface area contributed by atoms with E-state index < -0.39 is 11.9 Å². The highest BCUT2D eigenvalue weighted by molar-refractivity contribution is 5.98. The van der Waals surface area contributed by atoms with Gasteiger partial charge in [-0.15, -0.1) is 6.58 Å². The number of benzene rings is 2. The van der Waals surface area contributed by atoms with Crippen LogP contribution in [0.5, 0.6) is 5.75 Å². The van der Waals surface area contributed by atoms with Crippen molar-refractivity contribution in [1.29, 1.82) is 5.41 Å². The predicted molar refractivity (Wildman–Crippen MR) is 122 cm³/mol. The van der Waals surface area contributed by atoms with Crippen LogP contribution in [0.15, 0.2) is 67.3 Å². The van der Waals surface area contributed by atoms with Crippen molar-refractivity contribution in [2.24, 2.45) is 5.73 Å². The number of carbonyl (C=O) groups excluding carboxylic acids is 3. The zero-order valence-corrected chi connectivity index (χ0v) is 17.7. The summed E-state index contributed by atoms with van der Waals surface area (Å²) in [5.41, 5.74) is 6.65. The number of nitrogens with one attached hydrogen (secondary N) is 1. The first-order chi connectivity index (χ1) is 15.3. The van der Waals surface area contributed by atoms with Crippen LogP contribution >= 0.6 is 0 Å². The second-order valence-electron chi connectivity index (χ2n) is 6.60. The highest BCUT2D eigenvalue weighted by Gasteiger charge is 2.19. The highest BCUT2D eigenvalue weighted by Crippen LogP contribution is 2.16. The van der Waals surface area contributed by atoms with E-state index in [-0.39, 0.29) is 37.0 Å². The molecule has 0 fully saturated rings. The summed E-state index contributed by atoms with van der Waals surface area (Å²) in [6, 6.07) is 12.6. The minimum absolute atomic E-state index is 0.0593. The topological polar surface area (TPSA) is 123 Å². The molecule has 2 aromatic carbocycles. The molecule has 0 bridgehead atoms. The van der Waals surface area contributed by atoms with Crippen LogP contribution in [-0.4, -0.2) is 48.3 Å². The summed E-state index contributed by atoms with van der Waals surface area (Å²) in [5, 5.41) is 7.18. The standard InChI is InChI=1S/C24H25N3O5/c1-3-15-27(16-22(28)31-4-2)23(29)18-8-10-19(11-9-18)24(30)32-20-12-5-17(6-13-20)7-14-21(25)26/h3,5-14H,1,4,15-16H2,2H3,(H3,25,26)/b14-7+. The predicted octanol–water partition coefficient (Wildman–Crippen LogP) is 3.05. The molecule has 0 unspecified atom stereocenters. The Labute approximate surface area is 186 Å². The van der Waals surface area contributed by atoms with Gasteiger partial charge in [0.15, 0.2) is 0 Å². The lowest BCUT2D eigenvalue weighted by Crippen LogP contribution is -2.36. The van der Waals surface area contributed by atoms with Crippen molar-refractivity contribution in [3.63, 3.8) is 0 Å². The third kappa shape index (κ3) is 7.24. The average molecular weight is 435 g/mol. The Hall–Kier alpha value is -4.20. The van der Waals surface area contributed by atoms with Crippen LogP contribution in [0.4, 0.5) is 0 Å². The maximum Gasteiger partial charge on any atom is 0.343 e. The maximum atomic E-state index is 12.7. The molecule has 0 saturated heterocycles. The van der Waals surface area contributed by atoms with Gasteiger partial charge in [-0.05, 0) is 55.0 Å². The van der Waals surface area contributed by atoms with Crippen LogP contribution in [0, 0.1) is 5.41 Å². The van der Waals surface area contributed by atoms with Crippen LogP contribution in [0.2, 0.25) is 0 Å². The van der Waals surface area contributed by atoms with Crippen LogP contribution in [-0.2, 0) is 9.53 Å². The van der Waals surface area contributed by atoms with E-state index in [1.54, 1.807) is 37.3 Å².